The van der Waals surface area contributed by atoms with E-state index < -0.39 is 0 Å². The molecule has 0 fully saturated rings. The fraction of sp³-hybridized carbons (Fsp3) is 0.429. The number of nitrogens with one attached hydrogen (secondary N) is 1. The van der Waals surface area contributed by atoms with Crippen molar-refractivity contribution < 1.29 is 4.74 Å². The van der Waals surface area contributed by atoms with E-state index in [2.05, 4.69) is 38.3 Å². The van der Waals surface area contributed by atoms with Crippen LogP contribution in [0.25, 0.3) is 0 Å². The third kappa shape index (κ3) is 3.80. The minimum Gasteiger partial charge on any atom is -0.421 e. The lowest BCUT2D eigenvalue weighted by molar-refractivity contribution is 0.408. The van der Waals surface area contributed by atoms with Crippen molar-refractivity contribution in [2.75, 3.05) is 6.54 Å². The van der Waals surface area contributed by atoms with Gasteiger partial charge in [0.1, 0.15) is 0 Å². The van der Waals surface area contributed by atoms with Crippen LogP contribution in [0.2, 0.25) is 0 Å². The lowest BCUT2D eigenvalue weighted by atomic mass is 10.2. The van der Waals surface area contributed by atoms with Gasteiger partial charge in [-0.1, -0.05) is 6.92 Å². The molecule has 0 radical (unpaired) electrons. The van der Waals surface area contributed by atoms with E-state index in [-0.39, 0.29) is 0 Å². The highest BCUT2D eigenvalue weighted by Crippen LogP contribution is 2.25. The van der Waals surface area contributed by atoms with Gasteiger partial charge in [0, 0.05) is 35.9 Å². The second-order valence-electron chi connectivity index (χ2n) is 4.64. The van der Waals surface area contributed by atoms with E-state index in [1.54, 1.807) is 10.9 Å². The number of aryl methyl sites for hydroxylation is 2. The fourth-order valence-corrected chi connectivity index (χ4v) is 2.25. The topological polar surface area (TPSA) is 52.0 Å². The maximum atomic E-state index is 5.88. The smallest absolute Gasteiger partial charge is 0.225 e. The second-order valence-corrected chi connectivity index (χ2v) is 5.56. The Morgan fingerprint density at radius 1 is 1.40 bits per heavy atom. The van der Waals surface area contributed by atoms with E-state index in [4.69, 9.17) is 4.74 Å². The Balaban J connectivity index is 2.19. The van der Waals surface area contributed by atoms with Gasteiger partial charge in [0.2, 0.25) is 11.8 Å². The van der Waals surface area contributed by atoms with Crippen LogP contribution in [0.5, 0.6) is 11.8 Å². The lowest BCUT2D eigenvalue weighted by Gasteiger charge is -2.11. The molecule has 0 aliphatic carbocycles. The van der Waals surface area contributed by atoms with Gasteiger partial charge >= 0.3 is 0 Å². The minimum absolute atomic E-state index is 0.611. The highest BCUT2D eigenvalue weighted by molar-refractivity contribution is 9.10. The summed E-state index contributed by atoms with van der Waals surface area (Å²) in [6.07, 6.45) is 2.83. The molecule has 0 spiro atoms. The van der Waals surface area contributed by atoms with Crippen LogP contribution in [0.4, 0.5) is 0 Å². The van der Waals surface area contributed by atoms with Crippen LogP contribution in [-0.4, -0.2) is 21.3 Å². The number of halogens is 1. The first kappa shape index (κ1) is 15.0. The number of hydrogen-bond donors (Lipinski definition) is 1. The number of pyridine rings is 1. The van der Waals surface area contributed by atoms with Gasteiger partial charge in [-0.25, -0.2) is 9.67 Å². The number of ether oxygens (including phenoxy) is 1. The fourth-order valence-electron chi connectivity index (χ4n) is 1.87. The molecule has 108 valence electrons. The van der Waals surface area contributed by atoms with E-state index in [0.717, 1.165) is 35.2 Å². The van der Waals surface area contributed by atoms with Crippen molar-refractivity contribution >= 4 is 15.9 Å². The molecule has 0 atom stereocenters. The van der Waals surface area contributed by atoms with Gasteiger partial charge in [-0.2, -0.15) is 5.10 Å². The van der Waals surface area contributed by atoms with Gasteiger partial charge in [-0.05, 0) is 41.9 Å². The van der Waals surface area contributed by atoms with Gasteiger partial charge in [-0.15, -0.1) is 0 Å². The van der Waals surface area contributed by atoms with Crippen molar-refractivity contribution in [2.45, 2.75) is 26.8 Å². The normalized spacial score (nSPS) is 10.8. The molecule has 2 heterocycles. The molecule has 0 bridgehead atoms. The van der Waals surface area contributed by atoms with Crippen molar-refractivity contribution in [2.24, 2.45) is 7.05 Å². The first-order valence-electron chi connectivity index (χ1n) is 6.63. The molecule has 0 aliphatic rings. The Kier molecular flexibility index (Phi) is 5.14. The van der Waals surface area contributed by atoms with Crippen LogP contribution in [0, 0.1) is 6.92 Å². The van der Waals surface area contributed by atoms with Crippen molar-refractivity contribution in [3.8, 4) is 11.8 Å². The summed E-state index contributed by atoms with van der Waals surface area (Å²) in [5.74, 6) is 1.30. The molecule has 2 rings (SSSR count). The predicted octanol–water partition coefficient (Wildman–Crippen LogP) is 3.18. The van der Waals surface area contributed by atoms with Crippen molar-refractivity contribution in [3.05, 3.63) is 34.1 Å². The Bertz CT molecular complexity index is 583. The number of nitrogens with zero attached hydrogens (tertiary/aromatic N) is 3. The monoisotopic (exact) mass is 338 g/mol. The molecule has 1 N–H and O–H groups in total. The van der Waals surface area contributed by atoms with Crippen LogP contribution in [-0.2, 0) is 13.6 Å². The summed E-state index contributed by atoms with van der Waals surface area (Å²) in [4.78, 5) is 4.35. The van der Waals surface area contributed by atoms with Crippen molar-refractivity contribution in [1.82, 2.24) is 20.1 Å². The molecule has 0 aliphatic heterocycles. The minimum atomic E-state index is 0.611. The quantitative estimate of drug-likeness (QED) is 0.822. The van der Waals surface area contributed by atoms with E-state index in [0.29, 0.717) is 11.8 Å². The summed E-state index contributed by atoms with van der Waals surface area (Å²) in [7, 11) is 1.86. The molecule has 2 aromatic rings. The highest BCUT2D eigenvalue weighted by atomic mass is 79.9. The summed E-state index contributed by atoms with van der Waals surface area (Å²) >= 11 is 3.45. The second kappa shape index (κ2) is 6.85. The van der Waals surface area contributed by atoms with Crippen LogP contribution in [0.3, 0.4) is 0 Å². The summed E-state index contributed by atoms with van der Waals surface area (Å²) in [5.41, 5.74) is 1.94. The van der Waals surface area contributed by atoms with Gasteiger partial charge in [0.25, 0.3) is 0 Å². The van der Waals surface area contributed by atoms with Gasteiger partial charge in [-0.3, -0.25) is 0 Å². The molecule has 0 saturated carbocycles. The first-order chi connectivity index (χ1) is 9.60. The summed E-state index contributed by atoms with van der Waals surface area (Å²) in [6, 6.07) is 3.92. The molecule has 5 nitrogen and oxygen atoms in total. The zero-order chi connectivity index (χ0) is 14.5. The van der Waals surface area contributed by atoms with Gasteiger partial charge in [0.15, 0.2) is 0 Å². The predicted molar refractivity (Wildman–Crippen MR) is 82.0 cm³/mol. The van der Waals surface area contributed by atoms with E-state index >= 15 is 0 Å². The lowest BCUT2D eigenvalue weighted by Crippen LogP contribution is -2.15. The summed E-state index contributed by atoms with van der Waals surface area (Å²) in [5, 5.41) is 7.63. The van der Waals surface area contributed by atoms with Crippen molar-refractivity contribution in [1.29, 1.82) is 0 Å². The Morgan fingerprint density at radius 3 is 2.85 bits per heavy atom. The molecule has 0 amide bonds. The Hall–Kier alpha value is -1.40. The molecule has 20 heavy (non-hydrogen) atoms. The third-order valence-corrected chi connectivity index (χ3v) is 3.23. The number of rotatable bonds is 6. The van der Waals surface area contributed by atoms with E-state index in [1.807, 2.05) is 26.1 Å². The SMILES string of the molecule is CCCNCc1cc(Br)cnc1Oc1cc(C)nn1C. The maximum absolute atomic E-state index is 5.88. The third-order valence-electron chi connectivity index (χ3n) is 2.79. The van der Waals surface area contributed by atoms with Crippen LogP contribution in [0.1, 0.15) is 24.6 Å². The standard InChI is InChI=1S/C14H19BrN4O/c1-4-5-16-8-11-7-12(15)9-17-14(11)20-13-6-10(2)18-19(13)3/h6-7,9,16H,4-5,8H2,1-3H3. The highest BCUT2D eigenvalue weighted by Gasteiger charge is 2.10. The average molecular weight is 339 g/mol. The molecule has 2 aromatic heterocycles. The molecule has 6 heteroatoms. The molecular weight excluding hydrogens is 320 g/mol. The number of aromatic nitrogens is 3. The van der Waals surface area contributed by atoms with Gasteiger partial charge < -0.3 is 10.1 Å². The molecular formula is C14H19BrN4O. The van der Waals surface area contributed by atoms with Crippen LogP contribution in [0.15, 0.2) is 22.8 Å². The Morgan fingerprint density at radius 2 is 2.20 bits per heavy atom. The maximum Gasteiger partial charge on any atom is 0.225 e. The zero-order valence-corrected chi connectivity index (χ0v) is 13.6. The largest absolute Gasteiger partial charge is 0.421 e. The molecule has 0 saturated heterocycles. The van der Waals surface area contributed by atoms with E-state index in [1.165, 1.54) is 0 Å². The van der Waals surface area contributed by atoms with Gasteiger partial charge in [0.05, 0.1) is 5.69 Å². The number of hydrogen-bond acceptors (Lipinski definition) is 4. The summed E-state index contributed by atoms with van der Waals surface area (Å²) < 4.78 is 8.53. The zero-order valence-electron chi connectivity index (χ0n) is 12.0. The van der Waals surface area contributed by atoms with Crippen molar-refractivity contribution in [3.63, 3.8) is 0 Å². The average Bonchev–Trinajstić information content (AvgIpc) is 2.71. The summed E-state index contributed by atoms with van der Waals surface area (Å²) in [6.45, 7) is 5.77. The van der Waals surface area contributed by atoms with Crippen LogP contribution >= 0.6 is 15.9 Å². The van der Waals surface area contributed by atoms with Crippen LogP contribution < -0.4 is 10.1 Å². The Labute approximate surface area is 127 Å². The first-order valence-corrected chi connectivity index (χ1v) is 7.43. The molecule has 0 unspecified atom stereocenters. The molecule has 0 aromatic carbocycles. The van der Waals surface area contributed by atoms with E-state index in [9.17, 15) is 0 Å².